The van der Waals surface area contributed by atoms with Gasteiger partial charge in [-0.1, -0.05) is 36.4 Å². The molecule has 144 valence electrons. The summed E-state index contributed by atoms with van der Waals surface area (Å²) in [7, 11) is 0. The smallest absolute Gasteiger partial charge is 0.411 e. The Morgan fingerprint density at radius 1 is 1.00 bits per heavy atom. The largest absolute Gasteiger partial charge is 0.451 e. The Labute approximate surface area is 162 Å². The number of hydrogen-bond donors (Lipinski definition) is 2. The molecule has 2 amide bonds. The van der Waals surface area contributed by atoms with Gasteiger partial charge in [-0.2, -0.15) is 0 Å². The SMILES string of the molecule is O=C(Nc1ccccc1)O[C@H]1CCC[C@H](NC(=O)c2cc3ccccc3o2)C1. The maximum atomic E-state index is 12.5. The van der Waals surface area contributed by atoms with Gasteiger partial charge in [0.05, 0.1) is 0 Å². The van der Waals surface area contributed by atoms with E-state index < -0.39 is 6.09 Å². The van der Waals surface area contributed by atoms with E-state index in [4.69, 9.17) is 9.15 Å². The second-order valence-electron chi connectivity index (χ2n) is 7.00. The van der Waals surface area contributed by atoms with Gasteiger partial charge in [0, 0.05) is 23.5 Å². The molecule has 4 rings (SSSR count). The Morgan fingerprint density at radius 2 is 1.79 bits per heavy atom. The molecule has 28 heavy (non-hydrogen) atoms. The van der Waals surface area contributed by atoms with Gasteiger partial charge in [-0.3, -0.25) is 10.1 Å². The first-order valence-electron chi connectivity index (χ1n) is 9.49. The fourth-order valence-electron chi connectivity index (χ4n) is 3.55. The highest BCUT2D eigenvalue weighted by Crippen LogP contribution is 2.23. The van der Waals surface area contributed by atoms with E-state index in [0.717, 1.165) is 24.6 Å². The van der Waals surface area contributed by atoms with Crippen LogP contribution in [0.2, 0.25) is 0 Å². The second-order valence-corrected chi connectivity index (χ2v) is 7.00. The molecule has 1 saturated carbocycles. The monoisotopic (exact) mass is 378 g/mol. The maximum absolute atomic E-state index is 12.5. The lowest BCUT2D eigenvalue weighted by molar-refractivity contribution is 0.0703. The number of ether oxygens (including phenoxy) is 1. The molecule has 2 aromatic carbocycles. The van der Waals surface area contributed by atoms with Gasteiger partial charge in [0.1, 0.15) is 11.7 Å². The molecule has 2 N–H and O–H groups in total. The lowest BCUT2D eigenvalue weighted by Gasteiger charge is -2.29. The zero-order valence-corrected chi connectivity index (χ0v) is 15.4. The highest BCUT2D eigenvalue weighted by atomic mass is 16.6. The molecular weight excluding hydrogens is 356 g/mol. The lowest BCUT2D eigenvalue weighted by atomic mass is 9.93. The van der Waals surface area contributed by atoms with Gasteiger partial charge in [0.2, 0.25) is 0 Å². The topological polar surface area (TPSA) is 80.6 Å². The van der Waals surface area contributed by atoms with Crippen LogP contribution in [-0.2, 0) is 4.74 Å². The number of nitrogens with one attached hydrogen (secondary N) is 2. The Kier molecular flexibility index (Phi) is 5.28. The van der Waals surface area contributed by atoms with Gasteiger partial charge in [-0.25, -0.2) is 4.79 Å². The molecule has 0 saturated heterocycles. The number of benzene rings is 2. The number of para-hydroxylation sites is 2. The summed E-state index contributed by atoms with van der Waals surface area (Å²) >= 11 is 0. The van der Waals surface area contributed by atoms with Crippen molar-refractivity contribution in [1.29, 1.82) is 0 Å². The van der Waals surface area contributed by atoms with Crippen molar-refractivity contribution in [2.45, 2.75) is 37.8 Å². The van der Waals surface area contributed by atoms with E-state index in [1.54, 1.807) is 18.2 Å². The van der Waals surface area contributed by atoms with E-state index in [9.17, 15) is 9.59 Å². The molecule has 0 unspecified atom stereocenters. The Balaban J connectivity index is 1.32. The van der Waals surface area contributed by atoms with E-state index in [1.807, 2.05) is 42.5 Å². The number of carbonyl (C=O) groups is 2. The summed E-state index contributed by atoms with van der Waals surface area (Å²) in [5.74, 6) is 0.0571. The van der Waals surface area contributed by atoms with E-state index in [2.05, 4.69) is 10.6 Å². The molecule has 1 heterocycles. The lowest BCUT2D eigenvalue weighted by Crippen LogP contribution is -2.41. The quantitative estimate of drug-likeness (QED) is 0.688. The van der Waals surface area contributed by atoms with Crippen LogP contribution in [0.1, 0.15) is 36.2 Å². The van der Waals surface area contributed by atoms with Crippen molar-refractivity contribution in [3.05, 3.63) is 66.4 Å². The second kappa shape index (κ2) is 8.17. The molecule has 1 fully saturated rings. The third-order valence-electron chi connectivity index (χ3n) is 4.90. The number of amides is 2. The van der Waals surface area contributed by atoms with Crippen LogP contribution < -0.4 is 10.6 Å². The van der Waals surface area contributed by atoms with Crippen LogP contribution in [0.15, 0.2) is 65.1 Å². The highest BCUT2D eigenvalue weighted by molar-refractivity contribution is 5.96. The van der Waals surface area contributed by atoms with Gasteiger partial charge in [-0.15, -0.1) is 0 Å². The predicted molar refractivity (Wildman–Crippen MR) is 106 cm³/mol. The first-order chi connectivity index (χ1) is 13.7. The summed E-state index contributed by atoms with van der Waals surface area (Å²) in [6, 6.07) is 18.4. The van der Waals surface area contributed by atoms with Crippen molar-refractivity contribution >= 4 is 28.7 Å². The minimum Gasteiger partial charge on any atom is -0.451 e. The minimum atomic E-state index is -0.472. The number of carbonyl (C=O) groups excluding carboxylic acids is 2. The molecule has 0 aliphatic heterocycles. The Bertz CT molecular complexity index is 934. The van der Waals surface area contributed by atoms with E-state index in [1.165, 1.54) is 0 Å². The first-order valence-corrected chi connectivity index (χ1v) is 9.49. The first kappa shape index (κ1) is 18.1. The number of fused-ring (bicyclic) bond motifs is 1. The van der Waals surface area contributed by atoms with Crippen LogP contribution >= 0.6 is 0 Å². The van der Waals surface area contributed by atoms with Gasteiger partial charge in [0.25, 0.3) is 5.91 Å². The number of rotatable bonds is 4. The molecule has 0 radical (unpaired) electrons. The number of anilines is 1. The summed E-state index contributed by atoms with van der Waals surface area (Å²) in [5, 5.41) is 6.62. The van der Waals surface area contributed by atoms with E-state index in [0.29, 0.717) is 23.5 Å². The summed E-state index contributed by atoms with van der Waals surface area (Å²) in [4.78, 5) is 24.6. The number of hydrogen-bond acceptors (Lipinski definition) is 4. The summed E-state index contributed by atoms with van der Waals surface area (Å²) in [5.41, 5.74) is 1.38. The van der Waals surface area contributed by atoms with E-state index >= 15 is 0 Å². The van der Waals surface area contributed by atoms with Crippen LogP contribution in [0.5, 0.6) is 0 Å². The summed E-state index contributed by atoms with van der Waals surface area (Å²) in [6.45, 7) is 0. The molecule has 3 aromatic rings. The number of furan rings is 1. The molecule has 0 spiro atoms. The molecule has 6 heteroatoms. The zero-order valence-electron chi connectivity index (χ0n) is 15.4. The fourth-order valence-corrected chi connectivity index (χ4v) is 3.55. The van der Waals surface area contributed by atoms with Crippen LogP contribution in [0.25, 0.3) is 11.0 Å². The minimum absolute atomic E-state index is 0.0519. The normalized spacial score (nSPS) is 19.1. The van der Waals surface area contributed by atoms with Crippen molar-refractivity contribution < 1.29 is 18.7 Å². The standard InChI is InChI=1S/C22H22N2O4/c25-21(20-13-15-7-4-5-12-19(15)28-20)23-17-10-6-11-18(14-17)27-22(26)24-16-8-2-1-3-9-16/h1-5,7-9,12-13,17-18H,6,10-11,14H2,(H,23,25)(H,24,26)/t17-,18-/m0/s1. The van der Waals surface area contributed by atoms with Gasteiger partial charge < -0.3 is 14.5 Å². The van der Waals surface area contributed by atoms with Gasteiger partial charge >= 0.3 is 6.09 Å². The summed E-state index contributed by atoms with van der Waals surface area (Å²) in [6.07, 6.45) is 2.42. The third kappa shape index (κ3) is 4.34. The van der Waals surface area contributed by atoms with Crippen LogP contribution in [0.4, 0.5) is 10.5 Å². The van der Waals surface area contributed by atoms with Crippen molar-refractivity contribution in [1.82, 2.24) is 5.32 Å². The maximum Gasteiger partial charge on any atom is 0.411 e. The molecule has 1 aliphatic rings. The van der Waals surface area contributed by atoms with Crippen LogP contribution in [0.3, 0.4) is 0 Å². The third-order valence-corrected chi connectivity index (χ3v) is 4.90. The fraction of sp³-hybridized carbons (Fsp3) is 0.273. The van der Waals surface area contributed by atoms with Crippen molar-refractivity contribution in [3.8, 4) is 0 Å². The Hall–Kier alpha value is -3.28. The van der Waals surface area contributed by atoms with Crippen LogP contribution in [-0.4, -0.2) is 24.1 Å². The summed E-state index contributed by atoms with van der Waals surface area (Å²) < 4.78 is 11.2. The van der Waals surface area contributed by atoms with E-state index in [-0.39, 0.29) is 18.1 Å². The van der Waals surface area contributed by atoms with Crippen LogP contribution in [0, 0.1) is 0 Å². The predicted octanol–water partition coefficient (Wildman–Crippen LogP) is 4.72. The molecule has 1 aliphatic carbocycles. The van der Waals surface area contributed by atoms with Crippen molar-refractivity contribution in [2.75, 3.05) is 5.32 Å². The highest BCUT2D eigenvalue weighted by Gasteiger charge is 2.27. The van der Waals surface area contributed by atoms with Crippen molar-refractivity contribution in [3.63, 3.8) is 0 Å². The van der Waals surface area contributed by atoms with Gasteiger partial charge in [0.15, 0.2) is 5.76 Å². The molecule has 6 nitrogen and oxygen atoms in total. The molecule has 0 bridgehead atoms. The molecular formula is C22H22N2O4. The zero-order chi connectivity index (χ0) is 19.3. The molecule has 1 aromatic heterocycles. The molecule has 2 atom stereocenters. The van der Waals surface area contributed by atoms with Gasteiger partial charge in [-0.05, 0) is 43.5 Å². The average molecular weight is 378 g/mol. The Morgan fingerprint density at radius 3 is 2.61 bits per heavy atom. The van der Waals surface area contributed by atoms with Crippen molar-refractivity contribution in [2.24, 2.45) is 0 Å². The average Bonchev–Trinajstić information content (AvgIpc) is 3.13.